The molecular weight excluding hydrogens is 169 g/mol. The monoisotopic (exact) mass is 178 g/mol. The van der Waals surface area contributed by atoms with E-state index >= 15 is 0 Å². The zero-order chi connectivity index (χ0) is 7.49. The van der Waals surface area contributed by atoms with Crippen LogP contribution in [-0.4, -0.2) is 18.6 Å². The number of halogens is 4. The second-order valence-corrected chi connectivity index (χ2v) is 2.00. The molecule has 3 N–H and O–H groups in total. The first kappa shape index (κ1) is 12.7. The smallest absolute Gasteiger partial charge is 0.260 e. The zero-order valence-electron chi connectivity index (χ0n) is 5.40. The van der Waals surface area contributed by atoms with Gasteiger partial charge in [-0.05, 0) is 6.92 Å². The second kappa shape index (κ2) is 4.76. The average molecular weight is 179 g/mol. The van der Waals surface area contributed by atoms with Crippen molar-refractivity contribution in [3.05, 3.63) is 0 Å². The molecule has 0 aliphatic carbocycles. The molecule has 1 unspecified atom stereocenters. The molecule has 64 valence electrons. The molecule has 0 radical (unpaired) electrons. The molecule has 6 heteroatoms. The number of hydrogen-bond donors (Lipinski definition) is 2. The Kier molecular flexibility index (Phi) is 6.02. The van der Waals surface area contributed by atoms with E-state index in [1.807, 2.05) is 0 Å². The standard InChI is InChI=1S/C4H9F3N2.ClH/c1-4(2-5,9-8)3(6)7;/h3,9H,2,8H2,1H3;1H. The van der Waals surface area contributed by atoms with Gasteiger partial charge in [0.05, 0.1) is 0 Å². The van der Waals surface area contributed by atoms with E-state index in [0.717, 1.165) is 6.92 Å². The number of hydrogen-bond acceptors (Lipinski definition) is 2. The number of nitrogens with one attached hydrogen (secondary N) is 1. The predicted octanol–water partition coefficient (Wildman–Crippen LogP) is 0.865. The highest BCUT2D eigenvalue weighted by molar-refractivity contribution is 5.85. The fourth-order valence-electron chi connectivity index (χ4n) is 0.160. The Balaban J connectivity index is 0. The van der Waals surface area contributed by atoms with Gasteiger partial charge >= 0.3 is 0 Å². The van der Waals surface area contributed by atoms with Gasteiger partial charge in [0.25, 0.3) is 6.43 Å². The molecule has 0 aliphatic rings. The quantitative estimate of drug-likeness (QED) is 0.497. The van der Waals surface area contributed by atoms with Crippen molar-refractivity contribution in [2.45, 2.75) is 18.9 Å². The molecule has 2 nitrogen and oxygen atoms in total. The van der Waals surface area contributed by atoms with Crippen molar-refractivity contribution in [1.82, 2.24) is 5.43 Å². The molecule has 0 aromatic carbocycles. The lowest BCUT2D eigenvalue weighted by molar-refractivity contribution is 0.0256. The molecule has 0 saturated carbocycles. The summed E-state index contributed by atoms with van der Waals surface area (Å²) >= 11 is 0. The van der Waals surface area contributed by atoms with Crippen molar-refractivity contribution < 1.29 is 13.2 Å². The highest BCUT2D eigenvalue weighted by Gasteiger charge is 2.33. The minimum Gasteiger partial charge on any atom is -0.271 e. The molecule has 1 atom stereocenters. The molecule has 0 aromatic heterocycles. The fourth-order valence-corrected chi connectivity index (χ4v) is 0.160. The van der Waals surface area contributed by atoms with Gasteiger partial charge in [-0.15, -0.1) is 12.4 Å². The van der Waals surface area contributed by atoms with E-state index in [1.165, 1.54) is 0 Å². The van der Waals surface area contributed by atoms with Crippen molar-refractivity contribution in [2.24, 2.45) is 5.84 Å². The van der Waals surface area contributed by atoms with E-state index in [2.05, 4.69) is 5.84 Å². The van der Waals surface area contributed by atoms with Crippen LogP contribution in [0, 0.1) is 0 Å². The first-order valence-electron chi connectivity index (χ1n) is 2.38. The Morgan fingerprint density at radius 3 is 2.00 bits per heavy atom. The van der Waals surface area contributed by atoms with Crippen LogP contribution < -0.4 is 11.3 Å². The third-order valence-corrected chi connectivity index (χ3v) is 1.09. The number of hydrazine groups is 1. The van der Waals surface area contributed by atoms with Gasteiger partial charge in [0, 0.05) is 0 Å². The van der Waals surface area contributed by atoms with Crippen LogP contribution in [0.3, 0.4) is 0 Å². The predicted molar refractivity (Wildman–Crippen MR) is 35.0 cm³/mol. The molecule has 0 aromatic rings. The number of rotatable bonds is 3. The Labute approximate surface area is 63.3 Å². The van der Waals surface area contributed by atoms with Crippen LogP contribution in [0.1, 0.15) is 6.92 Å². The summed E-state index contributed by atoms with van der Waals surface area (Å²) < 4.78 is 35.1. The van der Waals surface area contributed by atoms with Crippen molar-refractivity contribution >= 4 is 12.4 Å². The molecule has 10 heavy (non-hydrogen) atoms. The summed E-state index contributed by atoms with van der Waals surface area (Å²) in [5, 5.41) is 0. The lowest BCUT2D eigenvalue weighted by Gasteiger charge is -2.23. The first-order chi connectivity index (χ1) is 4.06. The normalized spacial score (nSPS) is 16.2. The van der Waals surface area contributed by atoms with E-state index in [9.17, 15) is 13.2 Å². The van der Waals surface area contributed by atoms with Crippen molar-refractivity contribution in [3.8, 4) is 0 Å². The Morgan fingerprint density at radius 1 is 1.60 bits per heavy atom. The molecule has 0 saturated heterocycles. The maximum absolute atomic E-state index is 11.7. The van der Waals surface area contributed by atoms with Gasteiger partial charge < -0.3 is 0 Å². The lowest BCUT2D eigenvalue weighted by atomic mass is 10.1. The van der Waals surface area contributed by atoms with Gasteiger partial charge in [0.15, 0.2) is 0 Å². The first-order valence-corrected chi connectivity index (χ1v) is 2.38. The summed E-state index contributed by atoms with van der Waals surface area (Å²) in [6.07, 6.45) is -2.78. The highest BCUT2D eigenvalue weighted by atomic mass is 35.5. The summed E-state index contributed by atoms with van der Waals surface area (Å²) in [7, 11) is 0. The number of nitrogens with two attached hydrogens (primary N) is 1. The summed E-state index contributed by atoms with van der Waals surface area (Å²) in [6, 6.07) is 0. The van der Waals surface area contributed by atoms with E-state index in [4.69, 9.17) is 0 Å². The SMILES string of the molecule is CC(CF)(NN)C(F)F.Cl. The minimum atomic E-state index is -2.78. The summed E-state index contributed by atoms with van der Waals surface area (Å²) in [5.74, 6) is 4.65. The highest BCUT2D eigenvalue weighted by Crippen LogP contribution is 2.13. The molecule has 0 spiro atoms. The Bertz CT molecular complexity index is 86.6. The molecule has 0 bridgehead atoms. The van der Waals surface area contributed by atoms with Crippen LogP contribution in [-0.2, 0) is 0 Å². The van der Waals surface area contributed by atoms with Crippen LogP contribution >= 0.6 is 12.4 Å². The fraction of sp³-hybridized carbons (Fsp3) is 1.00. The van der Waals surface area contributed by atoms with Gasteiger partial charge in [-0.25, -0.2) is 18.6 Å². The van der Waals surface area contributed by atoms with Gasteiger partial charge in [-0.2, -0.15) is 0 Å². The van der Waals surface area contributed by atoms with Crippen LogP contribution in [0.2, 0.25) is 0 Å². The van der Waals surface area contributed by atoms with Crippen LogP contribution in [0.25, 0.3) is 0 Å². The third-order valence-electron chi connectivity index (χ3n) is 1.09. The molecule has 0 rings (SSSR count). The molecule has 0 aliphatic heterocycles. The third kappa shape index (κ3) is 2.72. The molecule has 0 amide bonds. The van der Waals surface area contributed by atoms with Crippen LogP contribution in [0.4, 0.5) is 13.2 Å². The average Bonchev–Trinajstić information content (AvgIpc) is 1.86. The zero-order valence-corrected chi connectivity index (χ0v) is 6.22. The van der Waals surface area contributed by atoms with Crippen molar-refractivity contribution in [1.29, 1.82) is 0 Å². The van der Waals surface area contributed by atoms with Gasteiger partial charge in [0.2, 0.25) is 0 Å². The molecule has 0 fully saturated rings. The lowest BCUT2D eigenvalue weighted by Crippen LogP contribution is -2.54. The van der Waals surface area contributed by atoms with E-state index < -0.39 is 18.6 Å². The van der Waals surface area contributed by atoms with Gasteiger partial charge in [-0.3, -0.25) is 5.84 Å². The van der Waals surface area contributed by atoms with E-state index in [1.54, 1.807) is 5.43 Å². The van der Waals surface area contributed by atoms with Crippen molar-refractivity contribution in [2.75, 3.05) is 6.67 Å². The Morgan fingerprint density at radius 2 is 2.00 bits per heavy atom. The second-order valence-electron chi connectivity index (χ2n) is 2.00. The molecule has 0 heterocycles. The largest absolute Gasteiger partial charge is 0.271 e. The summed E-state index contributed by atoms with van der Waals surface area (Å²) in [5.41, 5.74) is -0.186. The maximum Gasteiger partial charge on any atom is 0.260 e. The van der Waals surface area contributed by atoms with Gasteiger partial charge in [0.1, 0.15) is 12.2 Å². The summed E-state index contributed by atoms with van der Waals surface area (Å²) in [4.78, 5) is 0. The van der Waals surface area contributed by atoms with Crippen LogP contribution in [0.15, 0.2) is 0 Å². The Hall–Kier alpha value is -0.0000000000000000555. The number of alkyl halides is 3. The van der Waals surface area contributed by atoms with E-state index in [-0.39, 0.29) is 12.4 Å². The van der Waals surface area contributed by atoms with Crippen molar-refractivity contribution in [3.63, 3.8) is 0 Å². The van der Waals surface area contributed by atoms with Crippen LogP contribution in [0.5, 0.6) is 0 Å². The maximum atomic E-state index is 11.7. The van der Waals surface area contributed by atoms with Gasteiger partial charge in [-0.1, -0.05) is 0 Å². The summed E-state index contributed by atoms with van der Waals surface area (Å²) in [6.45, 7) is -0.168. The molecular formula is C4H10ClF3N2. The minimum absolute atomic E-state index is 0. The topological polar surface area (TPSA) is 38.0 Å². The van der Waals surface area contributed by atoms with E-state index in [0.29, 0.717) is 0 Å².